The number of fused-ring (bicyclic) bond motifs is 2. The van der Waals surface area contributed by atoms with Gasteiger partial charge in [0.15, 0.2) is 21.2 Å². The third kappa shape index (κ3) is 1.71. The second kappa shape index (κ2) is 3.94. The standard InChI is InChI=1S/C10H5Cl2N3OS/c11-7-8(12)15-10-9(14-7)13-5-3-1-2-4-6(5)17(10)16/h1-4H,(H,13,14). The Hall–Kier alpha value is -1.17. The van der Waals surface area contributed by atoms with Crippen LogP contribution in [-0.2, 0) is 10.8 Å². The van der Waals surface area contributed by atoms with Gasteiger partial charge in [0.05, 0.1) is 10.6 Å². The molecule has 1 atom stereocenters. The molecule has 17 heavy (non-hydrogen) atoms. The minimum absolute atomic E-state index is 0.0555. The Morgan fingerprint density at radius 1 is 1.12 bits per heavy atom. The molecule has 0 amide bonds. The number of nitrogens with one attached hydrogen (secondary N) is 1. The van der Waals surface area contributed by atoms with Gasteiger partial charge < -0.3 is 5.32 Å². The number of para-hydroxylation sites is 1. The SMILES string of the molecule is O=S1c2ccccc2Nc2nc(Cl)c(Cl)nc21. The number of hydrogen-bond donors (Lipinski definition) is 1. The fraction of sp³-hybridized carbons (Fsp3) is 0. The van der Waals surface area contributed by atoms with Crippen molar-refractivity contribution in [1.29, 1.82) is 0 Å². The molecule has 2 heterocycles. The van der Waals surface area contributed by atoms with Gasteiger partial charge in [-0.2, -0.15) is 0 Å². The lowest BCUT2D eigenvalue weighted by Crippen LogP contribution is -2.12. The van der Waals surface area contributed by atoms with Crippen molar-refractivity contribution >= 4 is 45.5 Å². The van der Waals surface area contributed by atoms with Gasteiger partial charge in [-0.05, 0) is 12.1 Å². The van der Waals surface area contributed by atoms with Crippen LogP contribution in [0.25, 0.3) is 0 Å². The van der Waals surface area contributed by atoms with E-state index in [2.05, 4.69) is 15.3 Å². The summed E-state index contributed by atoms with van der Waals surface area (Å²) in [5.74, 6) is 0.386. The lowest BCUT2D eigenvalue weighted by Gasteiger charge is -2.18. The number of anilines is 2. The molecule has 1 aromatic carbocycles. The molecule has 0 aliphatic carbocycles. The first-order valence-corrected chi connectivity index (χ1v) is 6.58. The topological polar surface area (TPSA) is 54.9 Å². The summed E-state index contributed by atoms with van der Waals surface area (Å²) in [5, 5.41) is 3.48. The first-order chi connectivity index (χ1) is 8.16. The van der Waals surface area contributed by atoms with Crippen LogP contribution >= 0.6 is 23.2 Å². The van der Waals surface area contributed by atoms with Gasteiger partial charge in [0.2, 0.25) is 0 Å². The molecule has 0 radical (unpaired) electrons. The number of halogens is 2. The molecule has 1 aromatic heterocycles. The highest BCUT2D eigenvalue weighted by Gasteiger charge is 2.25. The zero-order valence-corrected chi connectivity index (χ0v) is 10.6. The highest BCUT2D eigenvalue weighted by Crippen LogP contribution is 2.36. The van der Waals surface area contributed by atoms with Gasteiger partial charge in [-0.15, -0.1) is 0 Å². The molecular formula is C10H5Cl2N3OS. The molecule has 0 bridgehead atoms. The normalized spacial score (nSPS) is 16.9. The van der Waals surface area contributed by atoms with E-state index in [9.17, 15) is 4.21 Å². The molecule has 2 aromatic rings. The first kappa shape index (κ1) is 11.0. The number of nitrogens with zero attached hydrogens (tertiary/aromatic N) is 2. The molecule has 86 valence electrons. The minimum atomic E-state index is -1.39. The predicted molar refractivity (Wildman–Crippen MR) is 66.5 cm³/mol. The van der Waals surface area contributed by atoms with Gasteiger partial charge in [-0.25, -0.2) is 14.2 Å². The van der Waals surface area contributed by atoms with Crippen molar-refractivity contribution in [2.75, 3.05) is 5.32 Å². The van der Waals surface area contributed by atoms with Crippen molar-refractivity contribution in [3.8, 4) is 0 Å². The number of benzene rings is 1. The number of aromatic nitrogens is 2. The van der Waals surface area contributed by atoms with E-state index in [0.29, 0.717) is 15.7 Å². The second-order valence-electron chi connectivity index (χ2n) is 3.35. The predicted octanol–water partition coefficient (Wildman–Crippen LogP) is 3.01. The van der Waals surface area contributed by atoms with Crippen LogP contribution in [0.15, 0.2) is 34.2 Å². The quantitative estimate of drug-likeness (QED) is 0.690. The van der Waals surface area contributed by atoms with Crippen LogP contribution in [0.2, 0.25) is 10.3 Å². The maximum absolute atomic E-state index is 12.2. The minimum Gasteiger partial charge on any atom is -0.337 e. The summed E-state index contributed by atoms with van der Waals surface area (Å²) >= 11 is 11.5. The molecule has 1 aliphatic heterocycles. The van der Waals surface area contributed by atoms with Crippen molar-refractivity contribution < 1.29 is 4.21 Å². The van der Waals surface area contributed by atoms with Gasteiger partial charge in [-0.1, -0.05) is 35.3 Å². The Morgan fingerprint density at radius 2 is 1.82 bits per heavy atom. The third-order valence-corrected chi connectivity index (χ3v) is 4.31. The smallest absolute Gasteiger partial charge is 0.176 e. The Labute approximate surface area is 109 Å². The summed E-state index contributed by atoms with van der Waals surface area (Å²) in [6.45, 7) is 0. The average molecular weight is 286 g/mol. The van der Waals surface area contributed by atoms with E-state index in [4.69, 9.17) is 23.2 Å². The molecular weight excluding hydrogens is 281 g/mol. The monoisotopic (exact) mass is 285 g/mol. The highest BCUT2D eigenvalue weighted by atomic mass is 35.5. The van der Waals surface area contributed by atoms with Gasteiger partial charge >= 0.3 is 0 Å². The van der Waals surface area contributed by atoms with Crippen molar-refractivity contribution in [3.05, 3.63) is 34.6 Å². The van der Waals surface area contributed by atoms with E-state index in [1.807, 2.05) is 18.2 Å². The summed E-state index contributed by atoms with van der Waals surface area (Å²) in [4.78, 5) is 8.69. The zero-order valence-electron chi connectivity index (χ0n) is 8.28. The lowest BCUT2D eigenvalue weighted by atomic mass is 10.3. The van der Waals surface area contributed by atoms with E-state index in [-0.39, 0.29) is 10.3 Å². The summed E-state index contributed by atoms with van der Waals surface area (Å²) in [6.07, 6.45) is 0. The summed E-state index contributed by atoms with van der Waals surface area (Å²) in [6, 6.07) is 7.25. The molecule has 3 rings (SSSR count). The molecule has 4 nitrogen and oxygen atoms in total. The van der Waals surface area contributed by atoms with E-state index in [0.717, 1.165) is 5.69 Å². The van der Waals surface area contributed by atoms with E-state index < -0.39 is 10.8 Å². The highest BCUT2D eigenvalue weighted by molar-refractivity contribution is 7.85. The first-order valence-electron chi connectivity index (χ1n) is 4.67. The maximum Gasteiger partial charge on any atom is 0.176 e. The summed E-state index contributed by atoms with van der Waals surface area (Å²) < 4.78 is 12.2. The van der Waals surface area contributed by atoms with Crippen LogP contribution < -0.4 is 5.32 Å². The van der Waals surface area contributed by atoms with Crippen LogP contribution in [-0.4, -0.2) is 14.2 Å². The molecule has 0 saturated carbocycles. The van der Waals surface area contributed by atoms with Crippen molar-refractivity contribution in [2.45, 2.75) is 9.92 Å². The molecule has 0 spiro atoms. The van der Waals surface area contributed by atoms with Crippen molar-refractivity contribution in [2.24, 2.45) is 0 Å². The van der Waals surface area contributed by atoms with E-state index in [1.54, 1.807) is 6.07 Å². The molecule has 1 unspecified atom stereocenters. The van der Waals surface area contributed by atoms with Crippen LogP contribution in [0.5, 0.6) is 0 Å². The number of rotatable bonds is 0. The van der Waals surface area contributed by atoms with E-state index in [1.165, 1.54) is 0 Å². The summed E-state index contributed by atoms with van der Waals surface area (Å²) in [7, 11) is -1.39. The fourth-order valence-electron chi connectivity index (χ4n) is 1.55. The summed E-state index contributed by atoms with van der Waals surface area (Å²) in [5.41, 5.74) is 0.742. The maximum atomic E-state index is 12.2. The van der Waals surface area contributed by atoms with Crippen LogP contribution in [0.1, 0.15) is 0 Å². The fourth-order valence-corrected chi connectivity index (χ4v) is 3.03. The molecule has 0 saturated heterocycles. The van der Waals surface area contributed by atoms with Gasteiger partial charge in [0, 0.05) is 0 Å². The Balaban J connectivity index is 2.23. The average Bonchev–Trinajstić information content (AvgIpc) is 2.32. The van der Waals surface area contributed by atoms with Crippen LogP contribution in [0, 0.1) is 0 Å². The molecule has 1 N–H and O–H groups in total. The van der Waals surface area contributed by atoms with Crippen LogP contribution in [0.3, 0.4) is 0 Å². The Bertz CT molecular complexity index is 647. The van der Waals surface area contributed by atoms with Gasteiger partial charge in [-0.3, -0.25) is 0 Å². The van der Waals surface area contributed by atoms with Gasteiger partial charge in [0.1, 0.15) is 10.8 Å². The molecule has 1 aliphatic rings. The van der Waals surface area contributed by atoms with Crippen LogP contribution in [0.4, 0.5) is 11.5 Å². The number of hydrogen-bond acceptors (Lipinski definition) is 4. The zero-order chi connectivity index (χ0) is 12.0. The van der Waals surface area contributed by atoms with Gasteiger partial charge in [0.25, 0.3) is 0 Å². The lowest BCUT2D eigenvalue weighted by molar-refractivity contribution is 0.679. The Kier molecular flexibility index (Phi) is 2.54. The van der Waals surface area contributed by atoms with E-state index >= 15 is 0 Å². The van der Waals surface area contributed by atoms with Crippen molar-refractivity contribution in [1.82, 2.24) is 9.97 Å². The second-order valence-corrected chi connectivity index (χ2v) is 5.43. The van der Waals surface area contributed by atoms with Crippen molar-refractivity contribution in [3.63, 3.8) is 0 Å². The largest absolute Gasteiger partial charge is 0.337 e. The third-order valence-electron chi connectivity index (χ3n) is 2.30. The molecule has 7 heteroatoms. The molecule has 0 fully saturated rings. The Morgan fingerprint density at radius 3 is 2.65 bits per heavy atom.